The van der Waals surface area contributed by atoms with Crippen molar-refractivity contribution in [1.29, 1.82) is 0 Å². The number of carboxylic acid groups (broad SMARTS) is 1. The summed E-state index contributed by atoms with van der Waals surface area (Å²) in [4.78, 5) is 22.2. The molecule has 5 nitrogen and oxygen atoms in total. The Labute approximate surface area is 117 Å². The van der Waals surface area contributed by atoms with Gasteiger partial charge in [0.1, 0.15) is 18.9 Å². The molecule has 9 heteroatoms. The Bertz CT molecular complexity index is 546. The van der Waals surface area contributed by atoms with Gasteiger partial charge in [0.2, 0.25) is 0 Å². The molecule has 0 heterocycles. The molecule has 0 aromatic heterocycles. The number of benzene rings is 1. The van der Waals surface area contributed by atoms with Crippen LogP contribution < -0.4 is 5.32 Å². The number of hydrogen-bond acceptors (Lipinski definition) is 2. The number of amides is 2. The number of halogens is 4. The first-order valence-corrected chi connectivity index (χ1v) is 5.69. The summed E-state index contributed by atoms with van der Waals surface area (Å²) in [5.41, 5.74) is 0.228. The molecule has 0 aliphatic carbocycles. The number of nitrogens with one attached hydrogen (secondary N) is 1. The normalized spacial score (nSPS) is 11.1. The first-order valence-electron chi connectivity index (χ1n) is 5.69. The summed E-state index contributed by atoms with van der Waals surface area (Å²) in [6.45, 7) is -1.31. The van der Waals surface area contributed by atoms with Gasteiger partial charge in [-0.1, -0.05) is 6.07 Å². The Morgan fingerprint density at radius 2 is 1.95 bits per heavy atom. The van der Waals surface area contributed by atoms with E-state index in [9.17, 15) is 27.2 Å². The van der Waals surface area contributed by atoms with Gasteiger partial charge in [0.05, 0.1) is 5.69 Å². The molecule has 1 aromatic carbocycles. The molecule has 0 saturated heterocycles. The minimum absolute atomic E-state index is 0.0294. The van der Waals surface area contributed by atoms with Crippen molar-refractivity contribution in [2.75, 3.05) is 18.4 Å². The third-order valence-electron chi connectivity index (χ3n) is 2.35. The molecular weight excluding hydrogens is 296 g/mol. The fourth-order valence-electron chi connectivity index (χ4n) is 1.49. The fraction of sp³-hybridized carbons (Fsp3) is 0.333. The number of urea groups is 1. The van der Waals surface area contributed by atoms with E-state index in [0.29, 0.717) is 5.56 Å². The third kappa shape index (κ3) is 5.67. The smallest absolute Gasteiger partial charge is 0.406 e. The van der Waals surface area contributed by atoms with Crippen LogP contribution in [0.25, 0.3) is 0 Å². The molecule has 0 spiro atoms. The van der Waals surface area contributed by atoms with Gasteiger partial charge in [-0.05, 0) is 24.6 Å². The standard InChI is InChI=1S/C12H12F4N2O3/c1-7-2-3-9(8(13)4-7)17-11(21)18(5-10(19)20)6-12(14,15)16/h2-4H,5-6H2,1H3,(H,17,21)(H,19,20). The zero-order chi connectivity index (χ0) is 16.2. The van der Waals surface area contributed by atoms with Crippen molar-refractivity contribution in [1.82, 2.24) is 4.90 Å². The van der Waals surface area contributed by atoms with Crippen molar-refractivity contribution in [3.63, 3.8) is 0 Å². The first kappa shape index (κ1) is 16.7. The highest BCUT2D eigenvalue weighted by molar-refractivity contribution is 5.91. The molecule has 116 valence electrons. The number of nitrogens with zero attached hydrogens (tertiary/aromatic N) is 1. The zero-order valence-electron chi connectivity index (χ0n) is 10.9. The average molecular weight is 308 g/mol. The lowest BCUT2D eigenvalue weighted by atomic mass is 10.2. The number of carbonyl (C=O) groups is 2. The summed E-state index contributed by atoms with van der Waals surface area (Å²) in [6.07, 6.45) is -4.77. The number of rotatable bonds is 4. The highest BCUT2D eigenvalue weighted by Gasteiger charge is 2.34. The topological polar surface area (TPSA) is 69.6 Å². The molecule has 0 atom stereocenters. The predicted octanol–water partition coefficient (Wildman–Crippen LogP) is 2.61. The van der Waals surface area contributed by atoms with Crippen LogP contribution in [0.5, 0.6) is 0 Å². The zero-order valence-corrected chi connectivity index (χ0v) is 10.9. The number of aliphatic carboxylic acids is 1. The van der Waals surface area contributed by atoms with Crippen LogP contribution in [0.15, 0.2) is 18.2 Å². The second-order valence-electron chi connectivity index (χ2n) is 4.28. The number of alkyl halides is 3. The second kappa shape index (κ2) is 6.42. The van der Waals surface area contributed by atoms with Crippen LogP contribution in [0.2, 0.25) is 0 Å². The monoisotopic (exact) mass is 308 g/mol. The van der Waals surface area contributed by atoms with Crippen LogP contribution in [-0.2, 0) is 4.79 Å². The van der Waals surface area contributed by atoms with Gasteiger partial charge in [0.15, 0.2) is 0 Å². The molecule has 1 rings (SSSR count). The van der Waals surface area contributed by atoms with Crippen LogP contribution in [0.4, 0.5) is 28.0 Å². The minimum atomic E-state index is -4.77. The van der Waals surface area contributed by atoms with Gasteiger partial charge in [-0.15, -0.1) is 0 Å². The Morgan fingerprint density at radius 1 is 1.33 bits per heavy atom. The number of hydrogen-bond donors (Lipinski definition) is 2. The average Bonchev–Trinajstić information content (AvgIpc) is 2.29. The van der Waals surface area contributed by atoms with Crippen LogP contribution in [0.3, 0.4) is 0 Å². The maximum Gasteiger partial charge on any atom is 0.406 e. The van der Waals surface area contributed by atoms with Gasteiger partial charge in [0.25, 0.3) is 0 Å². The molecule has 2 amide bonds. The summed E-state index contributed by atoms with van der Waals surface area (Å²) in [5.74, 6) is -2.44. The molecule has 0 bridgehead atoms. The SMILES string of the molecule is Cc1ccc(NC(=O)N(CC(=O)O)CC(F)(F)F)c(F)c1. The second-order valence-corrected chi connectivity index (χ2v) is 4.28. The van der Waals surface area contributed by atoms with Crippen molar-refractivity contribution in [2.45, 2.75) is 13.1 Å². The Balaban J connectivity index is 2.87. The van der Waals surface area contributed by atoms with Gasteiger partial charge >= 0.3 is 18.2 Å². The van der Waals surface area contributed by atoms with Crippen molar-refractivity contribution < 1.29 is 32.3 Å². The van der Waals surface area contributed by atoms with E-state index in [-0.39, 0.29) is 10.6 Å². The van der Waals surface area contributed by atoms with Gasteiger partial charge in [-0.25, -0.2) is 9.18 Å². The molecule has 0 saturated carbocycles. The van der Waals surface area contributed by atoms with Gasteiger partial charge in [-0.3, -0.25) is 4.79 Å². The summed E-state index contributed by atoms with van der Waals surface area (Å²) >= 11 is 0. The van der Waals surface area contributed by atoms with E-state index in [2.05, 4.69) is 0 Å². The molecule has 0 fully saturated rings. The van der Waals surface area contributed by atoms with Crippen molar-refractivity contribution >= 4 is 17.7 Å². The van der Waals surface area contributed by atoms with Crippen molar-refractivity contribution in [3.05, 3.63) is 29.6 Å². The number of aryl methyl sites for hydroxylation is 1. The molecule has 1 aromatic rings. The largest absolute Gasteiger partial charge is 0.480 e. The quantitative estimate of drug-likeness (QED) is 0.840. The molecule has 0 aliphatic heterocycles. The molecule has 0 unspecified atom stereocenters. The van der Waals surface area contributed by atoms with E-state index in [1.807, 2.05) is 5.32 Å². The van der Waals surface area contributed by atoms with Gasteiger partial charge in [0, 0.05) is 0 Å². The van der Waals surface area contributed by atoms with Crippen LogP contribution >= 0.6 is 0 Å². The van der Waals surface area contributed by atoms with E-state index in [1.165, 1.54) is 12.1 Å². The molecule has 2 N–H and O–H groups in total. The Kier molecular flexibility index (Phi) is 5.12. The summed E-state index contributed by atoms with van der Waals surface area (Å²) < 4.78 is 50.4. The summed E-state index contributed by atoms with van der Waals surface area (Å²) in [6, 6.07) is 2.36. The molecule has 0 aliphatic rings. The number of anilines is 1. The lowest BCUT2D eigenvalue weighted by Crippen LogP contribution is -2.44. The summed E-state index contributed by atoms with van der Waals surface area (Å²) in [7, 11) is 0. The first-order chi connectivity index (χ1) is 9.58. The van der Waals surface area contributed by atoms with E-state index < -0.39 is 37.1 Å². The van der Waals surface area contributed by atoms with Crippen molar-refractivity contribution in [2.24, 2.45) is 0 Å². The minimum Gasteiger partial charge on any atom is -0.480 e. The van der Waals surface area contributed by atoms with Crippen LogP contribution in [0, 0.1) is 12.7 Å². The van der Waals surface area contributed by atoms with Crippen LogP contribution in [-0.4, -0.2) is 41.3 Å². The van der Waals surface area contributed by atoms with E-state index in [1.54, 1.807) is 6.92 Å². The molecular formula is C12H12F4N2O3. The predicted molar refractivity (Wildman–Crippen MR) is 65.4 cm³/mol. The highest BCUT2D eigenvalue weighted by atomic mass is 19.4. The van der Waals surface area contributed by atoms with E-state index in [0.717, 1.165) is 6.07 Å². The molecule has 21 heavy (non-hydrogen) atoms. The maximum absolute atomic E-state index is 13.5. The van der Waals surface area contributed by atoms with E-state index >= 15 is 0 Å². The Morgan fingerprint density at radius 3 is 2.43 bits per heavy atom. The lowest BCUT2D eigenvalue weighted by molar-refractivity contribution is -0.148. The Hall–Kier alpha value is -2.32. The lowest BCUT2D eigenvalue weighted by Gasteiger charge is -2.22. The molecule has 0 radical (unpaired) electrons. The van der Waals surface area contributed by atoms with Gasteiger partial charge < -0.3 is 15.3 Å². The van der Waals surface area contributed by atoms with E-state index in [4.69, 9.17) is 5.11 Å². The van der Waals surface area contributed by atoms with Crippen molar-refractivity contribution in [3.8, 4) is 0 Å². The fourth-order valence-corrected chi connectivity index (χ4v) is 1.49. The number of carboxylic acids is 1. The third-order valence-corrected chi connectivity index (χ3v) is 2.35. The number of carbonyl (C=O) groups excluding carboxylic acids is 1. The maximum atomic E-state index is 13.5. The summed E-state index contributed by atoms with van der Waals surface area (Å²) in [5, 5.41) is 10.4. The van der Waals surface area contributed by atoms with Crippen LogP contribution in [0.1, 0.15) is 5.56 Å². The highest BCUT2D eigenvalue weighted by Crippen LogP contribution is 2.19. The van der Waals surface area contributed by atoms with Gasteiger partial charge in [-0.2, -0.15) is 13.2 Å².